The van der Waals surface area contributed by atoms with E-state index in [2.05, 4.69) is 48.4 Å². The van der Waals surface area contributed by atoms with E-state index in [1.54, 1.807) is 20.8 Å². The van der Waals surface area contributed by atoms with E-state index >= 15 is 0 Å². The zero-order valence-corrected chi connectivity index (χ0v) is 15.1. The minimum Gasteiger partial charge on any atom is -0.444 e. The van der Waals surface area contributed by atoms with Crippen LogP contribution in [0.25, 0.3) is 11.5 Å². The van der Waals surface area contributed by atoms with Gasteiger partial charge >= 0.3 is 6.09 Å². The standard InChI is InChI=1S/C18H25N3O3/c1-17(2,3)13-9-7-12(8-10-13)15-21-20-14(23-15)11-19-16(22)24-18(4,5)6/h7-10H,11H2,1-6H3,(H,19,22). The molecule has 0 saturated carbocycles. The van der Waals surface area contributed by atoms with Crippen molar-refractivity contribution in [2.75, 3.05) is 0 Å². The van der Waals surface area contributed by atoms with Gasteiger partial charge in [0.15, 0.2) is 0 Å². The molecular formula is C18H25N3O3. The quantitative estimate of drug-likeness (QED) is 0.917. The van der Waals surface area contributed by atoms with E-state index < -0.39 is 11.7 Å². The van der Waals surface area contributed by atoms with Crippen LogP contribution >= 0.6 is 0 Å². The van der Waals surface area contributed by atoms with E-state index in [9.17, 15) is 4.79 Å². The fourth-order valence-electron chi connectivity index (χ4n) is 2.02. The van der Waals surface area contributed by atoms with E-state index in [1.165, 1.54) is 5.56 Å². The summed E-state index contributed by atoms with van der Waals surface area (Å²) in [5.74, 6) is 0.757. The second-order valence-corrected chi connectivity index (χ2v) is 7.68. The summed E-state index contributed by atoms with van der Waals surface area (Å²) in [6, 6.07) is 8.02. The predicted octanol–water partition coefficient (Wildman–Crippen LogP) is 4.06. The molecule has 0 spiro atoms. The molecule has 1 aromatic carbocycles. The number of amides is 1. The number of alkyl carbamates (subject to hydrolysis) is 1. The maximum Gasteiger partial charge on any atom is 0.408 e. The van der Waals surface area contributed by atoms with Gasteiger partial charge in [-0.25, -0.2) is 4.79 Å². The number of hydrogen-bond donors (Lipinski definition) is 1. The van der Waals surface area contributed by atoms with Crippen molar-refractivity contribution in [3.63, 3.8) is 0 Å². The van der Waals surface area contributed by atoms with E-state index in [4.69, 9.17) is 9.15 Å². The van der Waals surface area contributed by atoms with Gasteiger partial charge in [0.05, 0.1) is 6.54 Å². The lowest BCUT2D eigenvalue weighted by Crippen LogP contribution is -2.32. The topological polar surface area (TPSA) is 77.2 Å². The summed E-state index contributed by atoms with van der Waals surface area (Å²) in [5.41, 5.74) is 1.63. The van der Waals surface area contributed by atoms with Gasteiger partial charge in [-0.15, -0.1) is 10.2 Å². The van der Waals surface area contributed by atoms with Gasteiger partial charge in [-0.2, -0.15) is 0 Å². The Balaban J connectivity index is 1.99. The van der Waals surface area contributed by atoms with Crippen LogP contribution in [0.1, 0.15) is 53.0 Å². The molecule has 6 heteroatoms. The fourth-order valence-corrected chi connectivity index (χ4v) is 2.02. The Labute approximate surface area is 142 Å². The van der Waals surface area contributed by atoms with Crippen LogP contribution < -0.4 is 5.32 Å². The first-order chi connectivity index (χ1) is 11.0. The Morgan fingerprint density at radius 2 is 1.71 bits per heavy atom. The molecule has 24 heavy (non-hydrogen) atoms. The van der Waals surface area contributed by atoms with Crippen molar-refractivity contribution in [1.29, 1.82) is 0 Å². The molecule has 1 aromatic heterocycles. The fraction of sp³-hybridized carbons (Fsp3) is 0.500. The summed E-state index contributed by atoms with van der Waals surface area (Å²) in [6.45, 7) is 12.0. The van der Waals surface area contributed by atoms with Crippen LogP contribution in [-0.2, 0) is 16.7 Å². The minimum atomic E-state index is -0.543. The summed E-state index contributed by atoms with van der Waals surface area (Å²) < 4.78 is 10.7. The third kappa shape index (κ3) is 5.08. The second-order valence-electron chi connectivity index (χ2n) is 7.68. The first-order valence-corrected chi connectivity index (χ1v) is 7.95. The maximum absolute atomic E-state index is 11.6. The third-order valence-electron chi connectivity index (χ3n) is 3.25. The van der Waals surface area contributed by atoms with Crippen molar-refractivity contribution in [2.45, 2.75) is 59.1 Å². The number of benzene rings is 1. The highest BCUT2D eigenvalue weighted by molar-refractivity contribution is 5.67. The number of hydrogen-bond acceptors (Lipinski definition) is 5. The largest absolute Gasteiger partial charge is 0.444 e. The molecule has 1 heterocycles. The highest BCUT2D eigenvalue weighted by Gasteiger charge is 2.17. The summed E-state index contributed by atoms with van der Waals surface area (Å²) in [7, 11) is 0. The van der Waals surface area contributed by atoms with Crippen molar-refractivity contribution in [2.24, 2.45) is 0 Å². The van der Waals surface area contributed by atoms with Gasteiger partial charge in [0, 0.05) is 5.56 Å². The number of nitrogens with zero attached hydrogens (tertiary/aromatic N) is 2. The molecule has 2 aromatic rings. The first kappa shape index (κ1) is 18.0. The number of nitrogens with one attached hydrogen (secondary N) is 1. The predicted molar refractivity (Wildman–Crippen MR) is 91.5 cm³/mol. The second kappa shape index (κ2) is 6.63. The molecule has 0 fully saturated rings. The summed E-state index contributed by atoms with van der Waals surface area (Å²) >= 11 is 0. The normalized spacial score (nSPS) is 12.1. The van der Waals surface area contributed by atoms with Gasteiger partial charge in [-0.1, -0.05) is 32.9 Å². The molecule has 0 saturated heterocycles. The highest BCUT2D eigenvalue weighted by atomic mass is 16.6. The maximum atomic E-state index is 11.6. The van der Waals surface area contributed by atoms with Crippen LogP contribution in [0.2, 0.25) is 0 Å². The number of rotatable bonds is 3. The molecular weight excluding hydrogens is 306 g/mol. The van der Waals surface area contributed by atoms with Crippen molar-refractivity contribution < 1.29 is 13.9 Å². The molecule has 0 aliphatic rings. The van der Waals surface area contributed by atoms with Crippen LogP contribution in [0.15, 0.2) is 28.7 Å². The monoisotopic (exact) mass is 331 g/mol. The van der Waals surface area contributed by atoms with Gasteiger partial charge in [-0.3, -0.25) is 0 Å². The average Bonchev–Trinajstić information content (AvgIpc) is 2.91. The van der Waals surface area contributed by atoms with Crippen LogP contribution in [0, 0.1) is 0 Å². The Morgan fingerprint density at radius 3 is 2.25 bits per heavy atom. The molecule has 2 rings (SSSR count). The molecule has 0 aliphatic carbocycles. The molecule has 0 bridgehead atoms. The van der Waals surface area contributed by atoms with Crippen molar-refractivity contribution >= 4 is 6.09 Å². The lowest BCUT2D eigenvalue weighted by molar-refractivity contribution is 0.0519. The first-order valence-electron chi connectivity index (χ1n) is 7.95. The number of carbonyl (C=O) groups excluding carboxylic acids is 1. The third-order valence-corrected chi connectivity index (χ3v) is 3.25. The molecule has 0 aliphatic heterocycles. The Morgan fingerprint density at radius 1 is 1.08 bits per heavy atom. The molecule has 0 atom stereocenters. The van der Waals surface area contributed by atoms with Crippen molar-refractivity contribution in [3.05, 3.63) is 35.7 Å². The Kier molecular flexibility index (Phi) is 4.96. The van der Waals surface area contributed by atoms with Gasteiger partial charge in [-0.05, 0) is 43.9 Å². The zero-order valence-electron chi connectivity index (χ0n) is 15.1. The summed E-state index contributed by atoms with van der Waals surface area (Å²) in [4.78, 5) is 11.6. The Hall–Kier alpha value is -2.37. The molecule has 1 amide bonds. The van der Waals surface area contributed by atoms with Gasteiger partial charge in [0.1, 0.15) is 5.60 Å². The smallest absolute Gasteiger partial charge is 0.408 e. The van der Waals surface area contributed by atoms with Crippen molar-refractivity contribution in [3.8, 4) is 11.5 Å². The van der Waals surface area contributed by atoms with Gasteiger partial charge < -0.3 is 14.5 Å². The van der Waals surface area contributed by atoms with Crippen LogP contribution in [0.3, 0.4) is 0 Å². The minimum absolute atomic E-state index is 0.0931. The van der Waals surface area contributed by atoms with Crippen LogP contribution in [-0.4, -0.2) is 21.9 Å². The Bertz CT molecular complexity index is 692. The molecule has 130 valence electrons. The van der Waals surface area contributed by atoms with Crippen LogP contribution in [0.5, 0.6) is 0 Å². The SMILES string of the molecule is CC(C)(C)OC(=O)NCc1nnc(-c2ccc(C(C)(C)C)cc2)o1. The lowest BCUT2D eigenvalue weighted by atomic mass is 9.87. The van der Waals surface area contributed by atoms with E-state index in [0.717, 1.165) is 5.56 Å². The average molecular weight is 331 g/mol. The zero-order chi connectivity index (χ0) is 18.0. The van der Waals surface area contributed by atoms with Gasteiger partial charge in [0.25, 0.3) is 0 Å². The van der Waals surface area contributed by atoms with E-state index in [1.807, 2.05) is 12.1 Å². The summed E-state index contributed by atoms with van der Waals surface area (Å²) in [5, 5.41) is 10.6. The molecule has 1 N–H and O–H groups in total. The molecule has 6 nitrogen and oxygen atoms in total. The number of ether oxygens (including phenoxy) is 1. The van der Waals surface area contributed by atoms with Crippen LogP contribution in [0.4, 0.5) is 4.79 Å². The number of aromatic nitrogens is 2. The molecule has 0 unspecified atom stereocenters. The van der Waals surface area contributed by atoms with E-state index in [-0.39, 0.29) is 12.0 Å². The molecule has 0 radical (unpaired) electrons. The summed E-state index contributed by atoms with van der Waals surface area (Å²) in [6.07, 6.45) is -0.517. The highest BCUT2D eigenvalue weighted by Crippen LogP contribution is 2.25. The number of carbonyl (C=O) groups is 1. The lowest BCUT2D eigenvalue weighted by Gasteiger charge is -2.19. The van der Waals surface area contributed by atoms with Gasteiger partial charge in [0.2, 0.25) is 11.8 Å². The van der Waals surface area contributed by atoms with E-state index in [0.29, 0.717) is 11.8 Å². The van der Waals surface area contributed by atoms with Crippen molar-refractivity contribution in [1.82, 2.24) is 15.5 Å².